The minimum Gasteiger partial charge on any atom is -0.481 e. The Morgan fingerprint density at radius 1 is 0.895 bits per heavy atom. The lowest BCUT2D eigenvalue weighted by atomic mass is 10.2. The number of carboxylic acid groups (broad SMARTS) is 1. The maximum Gasteiger partial charge on any atom is 0.306 e. The van der Waals surface area contributed by atoms with E-state index in [0.717, 1.165) is 17.1 Å². The van der Waals surface area contributed by atoms with E-state index in [4.69, 9.17) is 28.8 Å². The minimum atomic E-state index is -1.29. The highest BCUT2D eigenvalue weighted by atomic mass is 16.6. The lowest BCUT2D eigenvalue weighted by Crippen LogP contribution is -2.56. The third-order valence-corrected chi connectivity index (χ3v) is 5.23. The van der Waals surface area contributed by atoms with E-state index in [-0.39, 0.29) is 58.8 Å². The SMILES string of the molecule is O=C(O)CCOCCOCCOCCOCCNC(=O)[C@H](CNC(=O)[C@@H]1CCC(=O)O1)N1C(=O)C=CC1=O. The molecule has 2 atom stereocenters. The fourth-order valence-electron chi connectivity index (χ4n) is 3.33. The monoisotopic (exact) mass is 543 g/mol. The van der Waals surface area contributed by atoms with Crippen molar-refractivity contribution >= 4 is 35.6 Å². The van der Waals surface area contributed by atoms with Crippen molar-refractivity contribution in [3.63, 3.8) is 0 Å². The molecule has 15 nitrogen and oxygen atoms in total. The number of aliphatic carboxylic acids is 1. The van der Waals surface area contributed by atoms with Crippen molar-refractivity contribution in [2.24, 2.45) is 0 Å². The van der Waals surface area contributed by atoms with Gasteiger partial charge in [-0.05, 0) is 0 Å². The summed E-state index contributed by atoms with van der Waals surface area (Å²) in [5, 5.41) is 13.5. The zero-order valence-electron chi connectivity index (χ0n) is 20.9. The number of amides is 4. The molecule has 2 aliphatic heterocycles. The van der Waals surface area contributed by atoms with Gasteiger partial charge in [-0.15, -0.1) is 0 Å². The number of ether oxygens (including phenoxy) is 5. The van der Waals surface area contributed by atoms with E-state index in [1.807, 2.05) is 0 Å². The molecule has 0 aromatic heterocycles. The molecule has 38 heavy (non-hydrogen) atoms. The molecule has 0 spiro atoms. The molecule has 1 saturated heterocycles. The molecule has 0 aromatic carbocycles. The van der Waals surface area contributed by atoms with Crippen LogP contribution in [-0.4, -0.2) is 124 Å². The quantitative estimate of drug-likeness (QED) is 0.0849. The molecule has 2 aliphatic rings. The van der Waals surface area contributed by atoms with Crippen molar-refractivity contribution in [2.45, 2.75) is 31.4 Å². The Kier molecular flexibility index (Phi) is 13.9. The maximum absolute atomic E-state index is 12.7. The highest BCUT2D eigenvalue weighted by molar-refractivity contribution is 6.15. The van der Waals surface area contributed by atoms with Gasteiger partial charge >= 0.3 is 11.9 Å². The highest BCUT2D eigenvalue weighted by Gasteiger charge is 2.37. The van der Waals surface area contributed by atoms with Crippen molar-refractivity contribution in [2.75, 3.05) is 65.9 Å². The molecule has 4 amide bonds. The molecule has 0 bridgehead atoms. The fraction of sp³-hybridized carbons (Fsp3) is 0.652. The van der Waals surface area contributed by atoms with Crippen LogP contribution in [0, 0.1) is 0 Å². The summed E-state index contributed by atoms with van der Waals surface area (Å²) in [6.45, 7) is 1.82. The Hall–Kier alpha value is -3.40. The van der Waals surface area contributed by atoms with Gasteiger partial charge in [0.15, 0.2) is 6.10 Å². The normalized spacial score (nSPS) is 17.5. The second kappa shape index (κ2) is 17.2. The number of hydrogen-bond acceptors (Lipinski definition) is 11. The zero-order valence-corrected chi connectivity index (χ0v) is 20.9. The number of rotatable bonds is 20. The molecule has 2 heterocycles. The van der Waals surface area contributed by atoms with Crippen LogP contribution in [0.15, 0.2) is 12.2 Å². The van der Waals surface area contributed by atoms with Gasteiger partial charge in [0.05, 0.1) is 59.3 Å². The van der Waals surface area contributed by atoms with Gasteiger partial charge in [-0.2, -0.15) is 0 Å². The third kappa shape index (κ3) is 11.3. The van der Waals surface area contributed by atoms with Crippen LogP contribution in [0.5, 0.6) is 0 Å². The van der Waals surface area contributed by atoms with E-state index in [0.29, 0.717) is 26.4 Å². The first-order chi connectivity index (χ1) is 18.3. The van der Waals surface area contributed by atoms with Crippen LogP contribution in [-0.2, 0) is 52.5 Å². The Morgan fingerprint density at radius 3 is 1.97 bits per heavy atom. The molecule has 1 fully saturated rings. The van der Waals surface area contributed by atoms with Crippen LogP contribution in [0.3, 0.4) is 0 Å². The van der Waals surface area contributed by atoms with E-state index < -0.39 is 47.7 Å². The van der Waals surface area contributed by atoms with Crippen molar-refractivity contribution in [1.29, 1.82) is 0 Å². The summed E-state index contributed by atoms with van der Waals surface area (Å²) in [6, 6.07) is -1.29. The summed E-state index contributed by atoms with van der Waals surface area (Å²) < 4.78 is 25.9. The van der Waals surface area contributed by atoms with E-state index in [1.54, 1.807) is 0 Å². The van der Waals surface area contributed by atoms with Gasteiger partial charge in [-0.3, -0.25) is 33.7 Å². The van der Waals surface area contributed by atoms with Gasteiger partial charge in [0.1, 0.15) is 6.04 Å². The highest BCUT2D eigenvalue weighted by Crippen LogP contribution is 2.14. The van der Waals surface area contributed by atoms with Gasteiger partial charge in [-0.25, -0.2) is 0 Å². The molecular formula is C23H33N3O12. The van der Waals surface area contributed by atoms with Gasteiger partial charge in [0.25, 0.3) is 17.7 Å². The molecule has 15 heteroatoms. The molecule has 0 aliphatic carbocycles. The Labute approximate surface area is 218 Å². The summed E-state index contributed by atoms with van der Waals surface area (Å²) in [5.41, 5.74) is 0. The van der Waals surface area contributed by atoms with Gasteiger partial charge in [0.2, 0.25) is 5.91 Å². The summed E-state index contributed by atoms with van der Waals surface area (Å²) in [4.78, 5) is 71.4. The maximum atomic E-state index is 12.7. The van der Waals surface area contributed by atoms with Crippen LogP contribution < -0.4 is 10.6 Å². The van der Waals surface area contributed by atoms with Gasteiger partial charge in [-0.1, -0.05) is 0 Å². The lowest BCUT2D eigenvalue weighted by molar-refractivity contribution is -0.149. The second-order valence-electron chi connectivity index (χ2n) is 8.04. The Bertz CT molecular complexity index is 860. The van der Waals surface area contributed by atoms with E-state index >= 15 is 0 Å². The van der Waals surface area contributed by atoms with Crippen molar-refractivity contribution in [1.82, 2.24) is 15.5 Å². The van der Waals surface area contributed by atoms with Crippen molar-refractivity contribution in [3.8, 4) is 0 Å². The number of hydrogen-bond donors (Lipinski definition) is 3. The number of carbonyl (C=O) groups excluding carboxylic acids is 5. The fourth-order valence-corrected chi connectivity index (χ4v) is 3.33. The topological polar surface area (TPSA) is 196 Å². The number of imide groups is 1. The first-order valence-corrected chi connectivity index (χ1v) is 12.1. The summed E-state index contributed by atoms with van der Waals surface area (Å²) >= 11 is 0. The number of esters is 1. The van der Waals surface area contributed by atoms with E-state index in [2.05, 4.69) is 10.6 Å². The van der Waals surface area contributed by atoms with E-state index in [1.165, 1.54) is 0 Å². The van der Waals surface area contributed by atoms with Crippen molar-refractivity contribution < 1.29 is 57.6 Å². The predicted octanol–water partition coefficient (Wildman–Crippen LogP) is -2.24. The minimum absolute atomic E-state index is 0.0544. The number of cyclic esters (lactones) is 1. The standard InChI is InChI=1S/C23H33N3O12/c27-18-2-3-19(28)26(18)16(15-25-23(33)17-1-4-21(31)38-17)22(32)24-6-8-35-10-12-37-14-13-36-11-9-34-7-5-20(29)30/h2-3,16-17H,1,4-15H2,(H,24,32)(H,25,33)(H,29,30)/t16-,17-/m0/s1. The van der Waals surface area contributed by atoms with Crippen LogP contribution in [0.1, 0.15) is 19.3 Å². The lowest BCUT2D eigenvalue weighted by Gasteiger charge is -2.26. The van der Waals surface area contributed by atoms with Crippen LogP contribution >= 0.6 is 0 Å². The number of nitrogens with one attached hydrogen (secondary N) is 2. The summed E-state index contributed by atoms with van der Waals surface area (Å²) in [6.07, 6.45) is 1.37. The zero-order chi connectivity index (χ0) is 27.8. The predicted molar refractivity (Wildman–Crippen MR) is 125 cm³/mol. The number of carbonyl (C=O) groups is 6. The first-order valence-electron chi connectivity index (χ1n) is 12.1. The number of nitrogens with zero attached hydrogens (tertiary/aromatic N) is 1. The summed E-state index contributed by atoms with van der Waals surface area (Å²) in [7, 11) is 0. The summed E-state index contributed by atoms with van der Waals surface area (Å²) in [5.74, 6) is -4.05. The Balaban J connectivity index is 1.57. The van der Waals surface area contributed by atoms with Gasteiger partial charge in [0, 0.05) is 38.1 Å². The number of carboxylic acids is 1. The molecule has 0 radical (unpaired) electrons. The molecular weight excluding hydrogens is 510 g/mol. The Morgan fingerprint density at radius 2 is 1.45 bits per heavy atom. The first kappa shape index (κ1) is 30.8. The van der Waals surface area contributed by atoms with Gasteiger partial charge < -0.3 is 39.4 Å². The molecule has 2 rings (SSSR count). The molecule has 0 saturated carbocycles. The average molecular weight is 544 g/mol. The second-order valence-corrected chi connectivity index (χ2v) is 8.04. The van der Waals surface area contributed by atoms with Crippen LogP contribution in [0.25, 0.3) is 0 Å². The molecule has 0 unspecified atom stereocenters. The largest absolute Gasteiger partial charge is 0.481 e. The van der Waals surface area contributed by atoms with Crippen LogP contribution in [0.4, 0.5) is 0 Å². The molecule has 3 N–H and O–H groups in total. The molecule has 212 valence electrons. The van der Waals surface area contributed by atoms with E-state index in [9.17, 15) is 28.8 Å². The average Bonchev–Trinajstić information content (AvgIpc) is 3.46. The third-order valence-electron chi connectivity index (χ3n) is 5.23. The van der Waals surface area contributed by atoms with Crippen molar-refractivity contribution in [3.05, 3.63) is 12.2 Å². The molecule has 0 aromatic rings. The smallest absolute Gasteiger partial charge is 0.306 e. The van der Waals surface area contributed by atoms with Crippen LogP contribution in [0.2, 0.25) is 0 Å².